The number of rotatable bonds is 5. The molecular formula is C18H21FN2O3S2. The van der Waals surface area contributed by atoms with E-state index in [9.17, 15) is 17.6 Å². The molecule has 5 nitrogen and oxygen atoms in total. The van der Waals surface area contributed by atoms with Crippen LogP contribution in [0.1, 0.15) is 31.4 Å². The molecule has 0 aliphatic carbocycles. The lowest BCUT2D eigenvalue weighted by Gasteiger charge is -2.30. The van der Waals surface area contributed by atoms with Crippen molar-refractivity contribution >= 4 is 27.3 Å². The Labute approximate surface area is 156 Å². The van der Waals surface area contributed by atoms with Crippen LogP contribution in [-0.4, -0.2) is 31.7 Å². The Morgan fingerprint density at radius 3 is 2.46 bits per heavy atom. The monoisotopic (exact) mass is 396 g/mol. The summed E-state index contributed by atoms with van der Waals surface area (Å²) in [7, 11) is -3.45. The van der Waals surface area contributed by atoms with E-state index in [1.54, 1.807) is 29.6 Å². The molecule has 1 atom stereocenters. The highest BCUT2D eigenvalue weighted by molar-refractivity contribution is 7.91. The lowest BCUT2D eigenvalue weighted by Crippen LogP contribution is -2.43. The van der Waals surface area contributed by atoms with E-state index in [2.05, 4.69) is 5.32 Å². The average molecular weight is 397 g/mol. The first kappa shape index (κ1) is 19.0. The summed E-state index contributed by atoms with van der Waals surface area (Å²) in [6.45, 7) is 2.52. The molecule has 2 heterocycles. The maximum Gasteiger partial charge on any atom is 0.252 e. The number of benzene rings is 1. The lowest BCUT2D eigenvalue weighted by molar-refractivity contribution is -0.126. The molecule has 0 spiro atoms. The SMILES string of the molecule is CC(NC(=O)C1CCN(S(=O)(=O)c2cccs2)CC1)c1ccc(F)cc1. The van der Waals surface area contributed by atoms with Gasteiger partial charge in [-0.25, -0.2) is 12.8 Å². The maximum absolute atomic E-state index is 13.0. The van der Waals surface area contributed by atoms with Gasteiger partial charge >= 0.3 is 0 Å². The van der Waals surface area contributed by atoms with Gasteiger partial charge in [0, 0.05) is 19.0 Å². The first-order valence-corrected chi connectivity index (χ1v) is 10.8. The summed E-state index contributed by atoms with van der Waals surface area (Å²) in [6, 6.07) is 9.12. The zero-order valence-corrected chi connectivity index (χ0v) is 16.0. The smallest absolute Gasteiger partial charge is 0.252 e. The topological polar surface area (TPSA) is 66.5 Å². The van der Waals surface area contributed by atoms with Crippen LogP contribution < -0.4 is 5.32 Å². The number of hydrogen-bond acceptors (Lipinski definition) is 4. The Kier molecular flexibility index (Phi) is 5.74. The van der Waals surface area contributed by atoms with Crippen LogP contribution in [0.15, 0.2) is 46.0 Å². The number of carbonyl (C=O) groups is 1. The van der Waals surface area contributed by atoms with Gasteiger partial charge in [-0.05, 0) is 48.9 Å². The Balaban J connectivity index is 1.56. The van der Waals surface area contributed by atoms with E-state index in [1.165, 1.54) is 27.8 Å². The Morgan fingerprint density at radius 2 is 1.88 bits per heavy atom. The fourth-order valence-electron chi connectivity index (χ4n) is 3.06. The van der Waals surface area contributed by atoms with Gasteiger partial charge in [0.05, 0.1) is 6.04 Å². The molecule has 1 aliphatic rings. The third-order valence-corrected chi connectivity index (χ3v) is 7.91. The Morgan fingerprint density at radius 1 is 1.23 bits per heavy atom. The average Bonchev–Trinajstić information content (AvgIpc) is 3.18. The van der Waals surface area contributed by atoms with E-state index < -0.39 is 10.0 Å². The number of nitrogens with one attached hydrogen (secondary N) is 1. The highest BCUT2D eigenvalue weighted by Crippen LogP contribution is 2.27. The van der Waals surface area contributed by atoms with E-state index in [1.807, 2.05) is 6.92 Å². The Bertz CT molecular complexity index is 843. The van der Waals surface area contributed by atoms with Crippen LogP contribution in [0.3, 0.4) is 0 Å². The van der Waals surface area contributed by atoms with Crippen LogP contribution in [0.25, 0.3) is 0 Å². The predicted molar refractivity (Wildman–Crippen MR) is 98.8 cm³/mol. The molecular weight excluding hydrogens is 375 g/mol. The third kappa shape index (κ3) is 4.13. The largest absolute Gasteiger partial charge is 0.349 e. The molecule has 0 saturated carbocycles. The summed E-state index contributed by atoms with van der Waals surface area (Å²) >= 11 is 1.20. The summed E-state index contributed by atoms with van der Waals surface area (Å²) in [4.78, 5) is 12.5. The van der Waals surface area contributed by atoms with Gasteiger partial charge in [-0.2, -0.15) is 4.31 Å². The van der Waals surface area contributed by atoms with Crippen molar-refractivity contribution in [2.75, 3.05) is 13.1 Å². The quantitative estimate of drug-likeness (QED) is 0.844. The zero-order chi connectivity index (χ0) is 18.7. The van der Waals surface area contributed by atoms with Crippen molar-refractivity contribution in [1.82, 2.24) is 9.62 Å². The van der Waals surface area contributed by atoms with Gasteiger partial charge in [0.15, 0.2) is 0 Å². The summed E-state index contributed by atoms with van der Waals surface area (Å²) in [5, 5.41) is 4.68. The van der Waals surface area contributed by atoms with Crippen LogP contribution in [-0.2, 0) is 14.8 Å². The number of thiophene rings is 1. The molecule has 140 valence electrons. The number of piperidine rings is 1. The second-order valence-electron chi connectivity index (χ2n) is 6.39. The fourth-order valence-corrected chi connectivity index (χ4v) is 5.68. The van der Waals surface area contributed by atoms with Gasteiger partial charge in [0.25, 0.3) is 10.0 Å². The lowest BCUT2D eigenvalue weighted by atomic mass is 9.96. The van der Waals surface area contributed by atoms with Crippen LogP contribution in [0, 0.1) is 11.7 Å². The molecule has 1 amide bonds. The van der Waals surface area contributed by atoms with Gasteiger partial charge in [-0.1, -0.05) is 18.2 Å². The molecule has 3 rings (SSSR count). The standard InChI is InChI=1S/C18H21FN2O3S2/c1-13(14-4-6-16(19)7-5-14)20-18(22)15-8-10-21(11-9-15)26(23,24)17-3-2-12-25-17/h2-7,12-13,15H,8-11H2,1H3,(H,20,22). The van der Waals surface area contributed by atoms with Crippen molar-refractivity contribution < 1.29 is 17.6 Å². The number of hydrogen-bond donors (Lipinski definition) is 1. The van der Waals surface area contributed by atoms with Crippen LogP contribution in [0.5, 0.6) is 0 Å². The summed E-state index contributed by atoms with van der Waals surface area (Å²) in [6.07, 6.45) is 0.985. The van der Waals surface area contributed by atoms with Gasteiger partial charge in [0.2, 0.25) is 5.91 Å². The molecule has 26 heavy (non-hydrogen) atoms. The van der Waals surface area contributed by atoms with Gasteiger partial charge in [0.1, 0.15) is 10.0 Å². The minimum absolute atomic E-state index is 0.0880. The maximum atomic E-state index is 13.0. The minimum atomic E-state index is -3.45. The van der Waals surface area contributed by atoms with Crippen molar-refractivity contribution in [3.8, 4) is 0 Å². The predicted octanol–water partition coefficient (Wildman–Crippen LogP) is 3.17. The number of sulfonamides is 1. The third-order valence-electron chi connectivity index (χ3n) is 4.64. The molecule has 0 radical (unpaired) electrons. The molecule has 1 fully saturated rings. The summed E-state index contributed by atoms with van der Waals surface area (Å²) in [5.41, 5.74) is 0.831. The van der Waals surface area contributed by atoms with E-state index in [0.29, 0.717) is 30.1 Å². The summed E-state index contributed by atoms with van der Waals surface area (Å²) in [5.74, 6) is -0.616. The minimum Gasteiger partial charge on any atom is -0.349 e. The van der Waals surface area contributed by atoms with E-state index >= 15 is 0 Å². The van der Waals surface area contributed by atoms with Gasteiger partial charge in [-0.3, -0.25) is 4.79 Å². The first-order valence-electron chi connectivity index (χ1n) is 8.47. The van der Waals surface area contributed by atoms with Crippen LogP contribution in [0.2, 0.25) is 0 Å². The second-order valence-corrected chi connectivity index (χ2v) is 9.50. The highest BCUT2D eigenvalue weighted by Gasteiger charge is 2.32. The van der Waals surface area contributed by atoms with Crippen molar-refractivity contribution in [1.29, 1.82) is 0 Å². The summed E-state index contributed by atoms with van der Waals surface area (Å²) < 4.78 is 39.8. The van der Waals surface area contributed by atoms with Crippen molar-refractivity contribution in [3.05, 3.63) is 53.2 Å². The molecule has 1 aromatic heterocycles. The number of halogens is 1. The van der Waals surface area contributed by atoms with Crippen LogP contribution in [0.4, 0.5) is 4.39 Å². The number of amides is 1. The molecule has 2 aromatic rings. The number of carbonyl (C=O) groups excluding carboxylic acids is 1. The Hall–Kier alpha value is -1.77. The first-order chi connectivity index (χ1) is 12.4. The molecule has 8 heteroatoms. The van der Waals surface area contributed by atoms with Crippen LogP contribution >= 0.6 is 11.3 Å². The van der Waals surface area contributed by atoms with Gasteiger partial charge < -0.3 is 5.32 Å². The number of nitrogens with zero attached hydrogens (tertiary/aromatic N) is 1. The highest BCUT2D eigenvalue weighted by atomic mass is 32.2. The van der Waals surface area contributed by atoms with Crippen molar-refractivity contribution in [2.24, 2.45) is 5.92 Å². The van der Waals surface area contributed by atoms with E-state index in [4.69, 9.17) is 0 Å². The zero-order valence-electron chi connectivity index (χ0n) is 14.4. The van der Waals surface area contributed by atoms with E-state index in [0.717, 1.165) is 5.56 Å². The van der Waals surface area contributed by atoms with E-state index in [-0.39, 0.29) is 23.7 Å². The van der Waals surface area contributed by atoms with Crippen molar-refractivity contribution in [3.63, 3.8) is 0 Å². The van der Waals surface area contributed by atoms with Gasteiger partial charge in [-0.15, -0.1) is 11.3 Å². The molecule has 0 bridgehead atoms. The molecule has 1 N–H and O–H groups in total. The molecule has 1 aromatic carbocycles. The fraction of sp³-hybridized carbons (Fsp3) is 0.389. The molecule has 1 unspecified atom stereocenters. The van der Waals surface area contributed by atoms with Crippen molar-refractivity contribution in [2.45, 2.75) is 30.0 Å². The molecule has 1 aliphatic heterocycles. The molecule has 1 saturated heterocycles. The normalized spacial score (nSPS) is 17.8. The second kappa shape index (κ2) is 7.85.